The molecule has 1 aromatic carbocycles. The van der Waals surface area contributed by atoms with Crippen LogP contribution in [0.1, 0.15) is 31.0 Å². The van der Waals surface area contributed by atoms with Crippen LogP contribution in [-0.2, 0) is 4.74 Å². The largest absolute Gasteiger partial charge is 0.450 e. The number of aryl methyl sites for hydroxylation is 1. The van der Waals surface area contributed by atoms with Gasteiger partial charge in [-0.3, -0.25) is 10.1 Å². The molecule has 0 radical (unpaired) electrons. The Morgan fingerprint density at radius 2 is 2.05 bits per heavy atom. The number of rotatable bonds is 5. The molecule has 0 aliphatic rings. The molecule has 0 aromatic heterocycles. The minimum atomic E-state index is -1.53. The lowest BCUT2D eigenvalue weighted by molar-refractivity contribution is -0.536. The number of halogens is 1. The Hall–Kier alpha value is -1.63. The van der Waals surface area contributed by atoms with E-state index < -0.39 is 21.5 Å². The van der Waals surface area contributed by atoms with Gasteiger partial charge in [0.1, 0.15) is 6.04 Å². The van der Waals surface area contributed by atoms with Crippen LogP contribution in [0.2, 0.25) is 0 Å². The van der Waals surface area contributed by atoms with E-state index in [1.165, 1.54) is 6.92 Å². The molecule has 1 amide bonds. The molecule has 1 N–H and O–H groups in total. The van der Waals surface area contributed by atoms with Gasteiger partial charge >= 0.3 is 6.09 Å². The van der Waals surface area contributed by atoms with Gasteiger partial charge in [-0.15, -0.1) is 0 Å². The lowest BCUT2D eigenvalue weighted by Gasteiger charge is -2.26. The van der Waals surface area contributed by atoms with Crippen LogP contribution in [0.5, 0.6) is 0 Å². The fourth-order valence-electron chi connectivity index (χ4n) is 1.67. The van der Waals surface area contributed by atoms with Gasteiger partial charge in [0.05, 0.1) is 6.61 Å². The van der Waals surface area contributed by atoms with Crippen LogP contribution in [0.3, 0.4) is 0 Å². The molecule has 7 heteroatoms. The van der Waals surface area contributed by atoms with Crippen molar-refractivity contribution in [2.75, 3.05) is 6.61 Å². The zero-order valence-electron chi connectivity index (χ0n) is 11.6. The summed E-state index contributed by atoms with van der Waals surface area (Å²) in [5.74, 6) is 0. The second-order valence-electron chi connectivity index (χ2n) is 4.49. The van der Waals surface area contributed by atoms with Crippen molar-refractivity contribution in [2.24, 2.45) is 0 Å². The van der Waals surface area contributed by atoms with Gasteiger partial charge in [-0.05, 0) is 19.4 Å². The summed E-state index contributed by atoms with van der Waals surface area (Å²) in [4.78, 5) is 22.3. The Balaban J connectivity index is 3.10. The molecule has 0 saturated carbocycles. The number of nitrogens with zero attached hydrogens (tertiary/aromatic N) is 1. The van der Waals surface area contributed by atoms with Crippen LogP contribution in [0.15, 0.2) is 24.3 Å². The minimum absolute atomic E-state index is 0.198. The number of carbonyl (C=O) groups excluding carboxylic acids is 1. The van der Waals surface area contributed by atoms with E-state index in [9.17, 15) is 14.9 Å². The van der Waals surface area contributed by atoms with Crippen molar-refractivity contribution >= 4 is 22.0 Å². The number of nitro groups is 1. The lowest BCUT2D eigenvalue weighted by atomic mass is 10.00. The quantitative estimate of drug-likeness (QED) is 0.385. The van der Waals surface area contributed by atoms with E-state index in [4.69, 9.17) is 4.74 Å². The maximum Gasteiger partial charge on any atom is 0.407 e. The van der Waals surface area contributed by atoms with Crippen LogP contribution in [0.4, 0.5) is 4.79 Å². The van der Waals surface area contributed by atoms with Gasteiger partial charge in [-0.2, -0.15) is 0 Å². The molecular formula is C13H17BrN2O4. The SMILES string of the molecule is CCOC(=O)N[C@H](c1ccc(C)cc1)[C@@](C)(Br)[N+](=O)[O-]. The second-order valence-corrected chi connectivity index (χ2v) is 6.10. The van der Waals surface area contributed by atoms with E-state index in [-0.39, 0.29) is 6.61 Å². The van der Waals surface area contributed by atoms with E-state index in [0.717, 1.165) is 5.56 Å². The summed E-state index contributed by atoms with van der Waals surface area (Å²) >= 11 is 3.08. The molecule has 2 atom stereocenters. The van der Waals surface area contributed by atoms with Crippen molar-refractivity contribution < 1.29 is 14.5 Å². The predicted octanol–water partition coefficient (Wildman–Crippen LogP) is 3.17. The Kier molecular flexibility index (Phi) is 5.50. The lowest BCUT2D eigenvalue weighted by Crippen LogP contribution is -2.45. The zero-order chi connectivity index (χ0) is 15.3. The molecule has 0 fully saturated rings. The highest BCUT2D eigenvalue weighted by Crippen LogP contribution is 2.34. The Labute approximate surface area is 125 Å². The number of benzene rings is 1. The van der Waals surface area contributed by atoms with Crippen LogP contribution >= 0.6 is 15.9 Å². The van der Waals surface area contributed by atoms with Gasteiger partial charge < -0.3 is 10.1 Å². The highest BCUT2D eigenvalue weighted by Gasteiger charge is 2.45. The fraction of sp³-hybridized carbons (Fsp3) is 0.462. The smallest absolute Gasteiger partial charge is 0.407 e. The summed E-state index contributed by atoms with van der Waals surface area (Å²) in [7, 11) is 0. The van der Waals surface area contributed by atoms with Gasteiger partial charge in [-0.25, -0.2) is 4.79 Å². The summed E-state index contributed by atoms with van der Waals surface area (Å²) in [6, 6.07) is 6.30. The number of nitrogens with one attached hydrogen (secondary N) is 1. The number of ether oxygens (including phenoxy) is 1. The molecule has 0 aliphatic heterocycles. The van der Waals surface area contributed by atoms with Crippen molar-refractivity contribution in [1.82, 2.24) is 5.32 Å². The molecule has 110 valence electrons. The molecule has 0 unspecified atom stereocenters. The average Bonchev–Trinajstić information content (AvgIpc) is 2.37. The summed E-state index contributed by atoms with van der Waals surface area (Å²) in [6.45, 7) is 5.17. The van der Waals surface area contributed by atoms with E-state index in [1.54, 1.807) is 19.1 Å². The predicted molar refractivity (Wildman–Crippen MR) is 78.4 cm³/mol. The highest BCUT2D eigenvalue weighted by molar-refractivity contribution is 9.10. The summed E-state index contributed by atoms with van der Waals surface area (Å²) in [5.41, 5.74) is 1.65. The van der Waals surface area contributed by atoms with Crippen LogP contribution in [-0.4, -0.2) is 22.1 Å². The van der Waals surface area contributed by atoms with E-state index in [2.05, 4.69) is 21.2 Å². The highest BCUT2D eigenvalue weighted by atomic mass is 79.9. The molecule has 0 saturated heterocycles. The number of alkyl halides is 1. The molecular weight excluding hydrogens is 328 g/mol. The van der Waals surface area contributed by atoms with Crippen molar-refractivity contribution in [2.45, 2.75) is 31.3 Å². The summed E-state index contributed by atoms with van der Waals surface area (Å²) in [6.07, 6.45) is -0.689. The molecule has 1 aromatic rings. The fourth-order valence-corrected chi connectivity index (χ4v) is 2.05. The molecule has 6 nitrogen and oxygen atoms in total. The van der Waals surface area contributed by atoms with E-state index in [0.29, 0.717) is 5.56 Å². The Morgan fingerprint density at radius 1 is 1.50 bits per heavy atom. The molecule has 1 rings (SSSR count). The normalized spacial score (nSPS) is 15.0. The molecule has 20 heavy (non-hydrogen) atoms. The first-order chi connectivity index (χ1) is 9.28. The van der Waals surface area contributed by atoms with Crippen LogP contribution < -0.4 is 5.32 Å². The first-order valence-electron chi connectivity index (χ1n) is 6.12. The standard InChI is InChI=1S/C13H17BrN2O4/c1-4-20-12(17)15-11(13(3,14)16(18)19)10-7-5-9(2)6-8-10/h5-8,11H,4H2,1-3H3,(H,15,17)/t11-,13+/m1/s1. The number of hydrogen-bond donors (Lipinski definition) is 1. The van der Waals surface area contributed by atoms with E-state index >= 15 is 0 Å². The second kappa shape index (κ2) is 6.69. The molecule has 0 bridgehead atoms. The Morgan fingerprint density at radius 3 is 2.50 bits per heavy atom. The molecule has 0 aliphatic carbocycles. The third kappa shape index (κ3) is 3.93. The minimum Gasteiger partial charge on any atom is -0.450 e. The first kappa shape index (κ1) is 16.4. The number of carbonyl (C=O) groups is 1. The first-order valence-corrected chi connectivity index (χ1v) is 6.91. The maximum absolute atomic E-state index is 11.6. The van der Waals surface area contributed by atoms with Gasteiger partial charge in [0.15, 0.2) is 0 Å². The van der Waals surface area contributed by atoms with Crippen molar-refractivity contribution in [3.8, 4) is 0 Å². The van der Waals surface area contributed by atoms with Crippen LogP contribution in [0, 0.1) is 17.0 Å². The topological polar surface area (TPSA) is 81.5 Å². The maximum atomic E-state index is 11.6. The molecule has 0 spiro atoms. The average molecular weight is 345 g/mol. The van der Waals surface area contributed by atoms with Crippen LogP contribution in [0.25, 0.3) is 0 Å². The number of amides is 1. The van der Waals surface area contributed by atoms with Gasteiger partial charge in [0.25, 0.3) is 4.45 Å². The Bertz CT molecular complexity index is 488. The molecule has 0 heterocycles. The van der Waals surface area contributed by atoms with Gasteiger partial charge in [-0.1, -0.05) is 29.8 Å². The summed E-state index contributed by atoms with van der Waals surface area (Å²) in [5, 5.41) is 13.7. The van der Waals surface area contributed by atoms with Crippen molar-refractivity contribution in [1.29, 1.82) is 0 Å². The van der Waals surface area contributed by atoms with E-state index in [1.807, 2.05) is 19.1 Å². The van der Waals surface area contributed by atoms with Gasteiger partial charge in [0, 0.05) is 27.8 Å². The monoisotopic (exact) mass is 344 g/mol. The summed E-state index contributed by atoms with van der Waals surface area (Å²) < 4.78 is 3.27. The zero-order valence-corrected chi connectivity index (χ0v) is 13.1. The third-order valence-corrected chi connectivity index (χ3v) is 3.58. The van der Waals surface area contributed by atoms with Crippen molar-refractivity contribution in [3.05, 3.63) is 45.5 Å². The number of hydrogen-bond acceptors (Lipinski definition) is 4. The van der Waals surface area contributed by atoms with Gasteiger partial charge in [0.2, 0.25) is 0 Å². The van der Waals surface area contributed by atoms with Crippen molar-refractivity contribution in [3.63, 3.8) is 0 Å². The third-order valence-electron chi connectivity index (χ3n) is 2.83. The number of alkyl carbamates (subject to hydrolysis) is 1.